The molecule has 3 atom stereocenters. The molecule has 6 nitrogen and oxygen atoms in total. The van der Waals surface area contributed by atoms with E-state index in [4.69, 9.17) is 4.74 Å². The number of para-hydroxylation sites is 1. The molecule has 0 spiro atoms. The monoisotopic (exact) mass is 450 g/mol. The lowest BCUT2D eigenvalue weighted by atomic mass is 9.82. The fourth-order valence-corrected chi connectivity index (χ4v) is 6.88. The van der Waals surface area contributed by atoms with E-state index in [0.29, 0.717) is 18.7 Å². The molecule has 2 aliphatic rings. The number of anilines is 1. The zero-order chi connectivity index (χ0) is 22.3. The number of hydrogen-bond acceptors (Lipinski definition) is 5. The van der Waals surface area contributed by atoms with Crippen molar-refractivity contribution >= 4 is 15.7 Å². The summed E-state index contributed by atoms with van der Waals surface area (Å²) in [7, 11) is -2.32. The number of sulfonamides is 1. The normalized spacial score (nSPS) is 22.6. The van der Waals surface area contributed by atoms with E-state index in [0.717, 1.165) is 22.4 Å². The van der Waals surface area contributed by atoms with Crippen molar-refractivity contribution in [3.05, 3.63) is 78.4 Å². The second-order valence-electron chi connectivity index (χ2n) is 8.27. The molecule has 2 aliphatic heterocycles. The van der Waals surface area contributed by atoms with Gasteiger partial charge >= 0.3 is 0 Å². The molecular weight excluding hydrogens is 424 g/mol. The van der Waals surface area contributed by atoms with Gasteiger partial charge in [-0.05, 0) is 47.4 Å². The molecule has 2 N–H and O–H groups in total. The number of ether oxygens (including phenoxy) is 1. The first-order chi connectivity index (χ1) is 15.5. The fraction of sp³-hybridized carbons (Fsp3) is 0.280. The van der Waals surface area contributed by atoms with Crippen molar-refractivity contribution in [2.45, 2.75) is 23.4 Å². The zero-order valence-corrected chi connectivity index (χ0v) is 18.6. The van der Waals surface area contributed by atoms with Crippen LogP contribution in [0.25, 0.3) is 11.1 Å². The topological polar surface area (TPSA) is 78.9 Å². The first-order valence-electron chi connectivity index (χ1n) is 10.8. The van der Waals surface area contributed by atoms with E-state index in [2.05, 4.69) is 11.4 Å². The molecular formula is C25H26N2O4S. The van der Waals surface area contributed by atoms with Gasteiger partial charge in [0.25, 0.3) is 0 Å². The molecule has 7 heteroatoms. The van der Waals surface area contributed by atoms with Crippen molar-refractivity contribution in [2.24, 2.45) is 5.92 Å². The maximum atomic E-state index is 13.8. The largest absolute Gasteiger partial charge is 0.495 e. The molecule has 1 fully saturated rings. The van der Waals surface area contributed by atoms with E-state index in [9.17, 15) is 13.5 Å². The molecule has 32 heavy (non-hydrogen) atoms. The summed E-state index contributed by atoms with van der Waals surface area (Å²) in [6.45, 7) is 0.340. The van der Waals surface area contributed by atoms with Crippen LogP contribution in [-0.2, 0) is 10.0 Å². The summed E-state index contributed by atoms with van der Waals surface area (Å²) in [5, 5.41) is 13.5. The van der Waals surface area contributed by atoms with Crippen LogP contribution in [0.3, 0.4) is 0 Å². The molecule has 2 heterocycles. The second-order valence-corrected chi connectivity index (χ2v) is 10.1. The molecule has 0 aliphatic carbocycles. The summed E-state index contributed by atoms with van der Waals surface area (Å²) in [4.78, 5) is 0.169. The molecule has 0 bridgehead atoms. The van der Waals surface area contributed by atoms with Crippen molar-refractivity contribution in [1.82, 2.24) is 4.31 Å². The van der Waals surface area contributed by atoms with Crippen LogP contribution in [0, 0.1) is 5.92 Å². The summed E-state index contributed by atoms with van der Waals surface area (Å²) in [6.07, 6.45) is 0.673. The highest BCUT2D eigenvalue weighted by Crippen LogP contribution is 2.49. The standard InChI is InChI=1S/C25H26N2O4S/c1-31-23-9-5-6-10-24(23)32(29,30)27-14-13-19-22(16-28)26-21-12-11-18(15-20(21)25(19)27)17-7-3-2-4-8-17/h2-12,15,19,22,25-26,28H,13-14,16H2,1H3/t19-,22+,25-/m0/s1. The van der Waals surface area contributed by atoms with E-state index >= 15 is 0 Å². The average Bonchev–Trinajstić information content (AvgIpc) is 3.30. The third-order valence-corrected chi connectivity index (χ3v) is 8.51. The Morgan fingerprint density at radius 1 is 1.03 bits per heavy atom. The Labute approximate surface area is 188 Å². The van der Waals surface area contributed by atoms with E-state index in [-0.39, 0.29) is 29.5 Å². The number of nitrogens with one attached hydrogen (secondary N) is 1. The minimum absolute atomic E-state index is 0.0250. The van der Waals surface area contributed by atoms with Gasteiger partial charge in [0, 0.05) is 18.2 Å². The Kier molecular flexibility index (Phi) is 5.41. The number of aliphatic hydroxyl groups excluding tert-OH is 1. The molecule has 0 unspecified atom stereocenters. The van der Waals surface area contributed by atoms with Gasteiger partial charge in [0.05, 0.1) is 25.8 Å². The maximum absolute atomic E-state index is 13.8. The van der Waals surface area contributed by atoms with Crippen molar-refractivity contribution in [2.75, 3.05) is 25.6 Å². The Morgan fingerprint density at radius 3 is 2.53 bits per heavy atom. The molecule has 3 aromatic rings. The quantitative estimate of drug-likeness (QED) is 0.616. The van der Waals surface area contributed by atoms with E-state index < -0.39 is 10.0 Å². The predicted octanol–water partition coefficient (Wildman–Crippen LogP) is 3.90. The molecule has 1 saturated heterocycles. The molecule has 166 valence electrons. The summed E-state index contributed by atoms with van der Waals surface area (Å²) >= 11 is 0. The Bertz CT molecular complexity index is 1230. The van der Waals surface area contributed by atoms with Crippen LogP contribution in [-0.4, -0.2) is 44.1 Å². The maximum Gasteiger partial charge on any atom is 0.247 e. The van der Waals surface area contributed by atoms with Crippen LogP contribution in [0.4, 0.5) is 5.69 Å². The van der Waals surface area contributed by atoms with Crippen molar-refractivity contribution in [3.63, 3.8) is 0 Å². The van der Waals surface area contributed by atoms with Gasteiger partial charge < -0.3 is 15.2 Å². The van der Waals surface area contributed by atoms with Gasteiger partial charge in [-0.15, -0.1) is 0 Å². The lowest BCUT2D eigenvalue weighted by Gasteiger charge is -2.39. The SMILES string of the molecule is COc1ccccc1S(=O)(=O)N1CC[C@@H]2[C@H]1c1cc(-c3ccccc3)ccc1N[C@@H]2CO. The lowest BCUT2D eigenvalue weighted by Crippen LogP contribution is -2.42. The number of methoxy groups -OCH3 is 1. The third-order valence-electron chi connectivity index (χ3n) is 6.59. The van der Waals surface area contributed by atoms with E-state index in [1.54, 1.807) is 28.6 Å². The highest BCUT2D eigenvalue weighted by molar-refractivity contribution is 7.89. The van der Waals surface area contributed by atoms with Gasteiger partial charge in [-0.3, -0.25) is 0 Å². The highest BCUT2D eigenvalue weighted by Gasteiger charge is 2.49. The molecule has 0 saturated carbocycles. The van der Waals surface area contributed by atoms with E-state index in [1.165, 1.54) is 7.11 Å². The minimum Gasteiger partial charge on any atom is -0.495 e. The van der Waals surface area contributed by atoms with Gasteiger partial charge in [0.15, 0.2) is 0 Å². The highest BCUT2D eigenvalue weighted by atomic mass is 32.2. The Hall–Kier alpha value is -2.87. The molecule has 3 aromatic carbocycles. The van der Waals surface area contributed by atoms with Crippen LogP contribution in [0.2, 0.25) is 0 Å². The minimum atomic E-state index is -3.80. The summed E-state index contributed by atoms with van der Waals surface area (Å²) in [5.74, 6) is 0.310. The fourth-order valence-electron chi connectivity index (χ4n) is 5.06. The number of hydrogen-bond donors (Lipinski definition) is 2. The molecule has 0 radical (unpaired) electrons. The van der Waals surface area contributed by atoms with Crippen LogP contribution in [0.15, 0.2) is 77.7 Å². The second kappa shape index (κ2) is 8.24. The van der Waals surface area contributed by atoms with Crippen molar-refractivity contribution < 1.29 is 18.3 Å². The van der Waals surface area contributed by atoms with Crippen molar-refractivity contribution in [1.29, 1.82) is 0 Å². The first-order valence-corrected chi connectivity index (χ1v) is 12.2. The van der Waals surface area contributed by atoms with Crippen molar-refractivity contribution in [3.8, 4) is 16.9 Å². The molecule has 0 amide bonds. The van der Waals surface area contributed by atoms with Gasteiger partial charge in [-0.1, -0.05) is 48.5 Å². The van der Waals surface area contributed by atoms with Crippen LogP contribution < -0.4 is 10.1 Å². The summed E-state index contributed by atoms with van der Waals surface area (Å²) in [5.41, 5.74) is 3.92. The average molecular weight is 451 g/mol. The number of rotatable bonds is 5. The lowest BCUT2D eigenvalue weighted by molar-refractivity contribution is 0.210. The van der Waals surface area contributed by atoms with Crippen LogP contribution >= 0.6 is 0 Å². The van der Waals surface area contributed by atoms with Gasteiger partial charge in [0.2, 0.25) is 10.0 Å². The number of fused-ring (bicyclic) bond motifs is 3. The van der Waals surface area contributed by atoms with Gasteiger partial charge in [-0.2, -0.15) is 4.31 Å². The summed E-state index contributed by atoms with van der Waals surface area (Å²) < 4.78 is 34.5. The third kappa shape index (κ3) is 3.37. The van der Waals surface area contributed by atoms with Crippen LogP contribution in [0.5, 0.6) is 5.75 Å². The Balaban J connectivity index is 1.63. The smallest absolute Gasteiger partial charge is 0.247 e. The van der Waals surface area contributed by atoms with E-state index in [1.807, 2.05) is 42.5 Å². The summed E-state index contributed by atoms with van der Waals surface area (Å²) in [6, 6.07) is 22.3. The number of benzene rings is 3. The van der Waals surface area contributed by atoms with Crippen LogP contribution in [0.1, 0.15) is 18.0 Å². The predicted molar refractivity (Wildman–Crippen MR) is 124 cm³/mol. The Morgan fingerprint density at radius 2 is 1.78 bits per heavy atom. The molecule has 0 aromatic heterocycles. The van der Waals surface area contributed by atoms with Gasteiger partial charge in [0.1, 0.15) is 10.6 Å². The first kappa shape index (κ1) is 21.0. The number of nitrogens with zero attached hydrogens (tertiary/aromatic N) is 1. The zero-order valence-electron chi connectivity index (χ0n) is 17.8. The number of aliphatic hydroxyl groups is 1. The molecule has 5 rings (SSSR count). The van der Waals surface area contributed by atoms with Gasteiger partial charge in [-0.25, -0.2) is 8.42 Å².